The number of carbonyl (C=O) groups excluding carboxylic acids is 1. The molecule has 1 aromatic heterocycles. The molecule has 8 heteroatoms. The number of halogens is 3. The molecule has 2 aromatic rings. The lowest BCUT2D eigenvalue weighted by Crippen LogP contribution is -2.33. The average molecular weight is 342 g/mol. The van der Waals surface area contributed by atoms with Crippen molar-refractivity contribution in [3.05, 3.63) is 52.9 Å². The Balaban J connectivity index is 2.33. The fraction of sp³-hybridized carbons (Fsp3) is 0.375. The number of hydrogen-bond donors (Lipinski definition) is 0. The minimum absolute atomic E-state index is 0.0167. The Kier molecular flexibility index (Phi) is 5.28. The van der Waals surface area contributed by atoms with Gasteiger partial charge in [0.05, 0.1) is 23.9 Å². The molecule has 0 fully saturated rings. The van der Waals surface area contributed by atoms with Crippen LogP contribution in [0.15, 0.2) is 34.9 Å². The van der Waals surface area contributed by atoms with Crippen LogP contribution in [0.4, 0.5) is 13.2 Å². The number of carbonyl (C=O) groups is 1. The highest BCUT2D eigenvalue weighted by Gasteiger charge is 2.32. The lowest BCUT2D eigenvalue weighted by atomic mass is 10.0. The van der Waals surface area contributed by atoms with Gasteiger partial charge in [0.2, 0.25) is 5.76 Å². The molecule has 0 spiro atoms. The smallest absolute Gasteiger partial charge is 0.382 e. The highest BCUT2D eigenvalue weighted by molar-refractivity contribution is 5.91. The molecule has 0 saturated carbocycles. The zero-order valence-corrected chi connectivity index (χ0v) is 13.4. The largest absolute Gasteiger partial charge is 0.416 e. The molecule has 1 aromatic carbocycles. The lowest BCUT2D eigenvalue weighted by molar-refractivity contribution is -0.137. The van der Waals surface area contributed by atoms with Gasteiger partial charge in [0, 0.05) is 20.2 Å². The number of alkyl halides is 3. The van der Waals surface area contributed by atoms with Crippen molar-refractivity contribution in [1.29, 1.82) is 0 Å². The van der Waals surface area contributed by atoms with Gasteiger partial charge in [-0.15, -0.1) is 0 Å². The molecule has 1 atom stereocenters. The molecule has 2 rings (SSSR count). The second-order valence-electron chi connectivity index (χ2n) is 5.34. The molecule has 1 amide bonds. The van der Waals surface area contributed by atoms with Crippen molar-refractivity contribution in [3.63, 3.8) is 0 Å². The maximum atomic E-state index is 12.9. The van der Waals surface area contributed by atoms with Gasteiger partial charge in [0.25, 0.3) is 5.91 Å². The number of rotatable bonds is 5. The van der Waals surface area contributed by atoms with E-state index in [4.69, 9.17) is 9.26 Å². The lowest BCUT2D eigenvalue weighted by Gasteiger charge is -2.27. The summed E-state index contributed by atoms with van der Waals surface area (Å²) < 4.78 is 48.7. The molecule has 0 bridgehead atoms. The van der Waals surface area contributed by atoms with Crippen LogP contribution < -0.4 is 0 Å². The van der Waals surface area contributed by atoms with Crippen LogP contribution >= 0.6 is 0 Å². The SMILES string of the molecule is COC[C@@H](c1cccc(C(F)(F)F)c1)N(C)C(=O)c1cc(C)no1. The Bertz CT molecular complexity index is 713. The van der Waals surface area contributed by atoms with Crippen LogP contribution in [0.25, 0.3) is 0 Å². The number of nitrogens with zero attached hydrogens (tertiary/aromatic N) is 2. The summed E-state index contributed by atoms with van der Waals surface area (Å²) in [5, 5.41) is 3.64. The van der Waals surface area contributed by atoms with Gasteiger partial charge in [-0.2, -0.15) is 13.2 Å². The third-order valence-electron chi connectivity index (χ3n) is 3.55. The van der Waals surface area contributed by atoms with E-state index >= 15 is 0 Å². The van der Waals surface area contributed by atoms with Crippen molar-refractivity contribution < 1.29 is 27.2 Å². The minimum Gasteiger partial charge on any atom is -0.382 e. The second-order valence-corrected chi connectivity index (χ2v) is 5.34. The molecule has 0 N–H and O–H groups in total. The Morgan fingerprint density at radius 3 is 2.62 bits per heavy atom. The van der Waals surface area contributed by atoms with Gasteiger partial charge in [-0.25, -0.2) is 0 Å². The summed E-state index contributed by atoms with van der Waals surface area (Å²) in [7, 11) is 2.89. The summed E-state index contributed by atoms with van der Waals surface area (Å²) in [5.74, 6) is -0.474. The van der Waals surface area contributed by atoms with Crippen molar-refractivity contribution in [2.24, 2.45) is 0 Å². The number of aryl methyl sites for hydroxylation is 1. The van der Waals surface area contributed by atoms with Crippen LogP contribution in [0.3, 0.4) is 0 Å². The number of methoxy groups -OCH3 is 1. The highest BCUT2D eigenvalue weighted by atomic mass is 19.4. The number of ether oxygens (including phenoxy) is 1. The highest BCUT2D eigenvalue weighted by Crippen LogP contribution is 2.32. The first-order valence-corrected chi connectivity index (χ1v) is 7.10. The molecule has 0 aliphatic rings. The van der Waals surface area contributed by atoms with Gasteiger partial charge < -0.3 is 14.2 Å². The number of aromatic nitrogens is 1. The van der Waals surface area contributed by atoms with Gasteiger partial charge in [-0.05, 0) is 24.6 Å². The Morgan fingerprint density at radius 2 is 2.08 bits per heavy atom. The fourth-order valence-electron chi connectivity index (χ4n) is 2.29. The van der Waals surface area contributed by atoms with Crippen LogP contribution in [-0.2, 0) is 10.9 Å². The molecule has 0 radical (unpaired) electrons. The van der Waals surface area contributed by atoms with Crippen LogP contribution in [0.5, 0.6) is 0 Å². The van der Waals surface area contributed by atoms with Crippen LogP contribution in [0.1, 0.15) is 33.4 Å². The fourth-order valence-corrected chi connectivity index (χ4v) is 2.29. The number of benzene rings is 1. The first kappa shape index (κ1) is 18.0. The summed E-state index contributed by atoms with van der Waals surface area (Å²) in [6, 6.07) is 5.59. The van der Waals surface area contributed by atoms with E-state index in [2.05, 4.69) is 5.16 Å². The Labute approximate surface area is 137 Å². The van der Waals surface area contributed by atoms with Gasteiger partial charge in [-0.3, -0.25) is 4.79 Å². The number of likely N-dealkylation sites (N-methyl/N-ethyl adjacent to an activating group) is 1. The summed E-state index contributed by atoms with van der Waals surface area (Å²) >= 11 is 0. The third-order valence-corrected chi connectivity index (χ3v) is 3.55. The van der Waals surface area contributed by atoms with Crippen molar-refractivity contribution in [3.8, 4) is 0 Å². The molecule has 130 valence electrons. The summed E-state index contributed by atoms with van der Waals surface area (Å²) in [5.41, 5.74) is 0.0744. The molecule has 0 aliphatic carbocycles. The summed E-state index contributed by atoms with van der Waals surface area (Å²) in [6.45, 7) is 1.70. The van der Waals surface area contributed by atoms with E-state index in [1.54, 1.807) is 6.92 Å². The van der Waals surface area contributed by atoms with E-state index in [-0.39, 0.29) is 12.4 Å². The predicted octanol–water partition coefficient (Wildman–Crippen LogP) is 3.46. The Hall–Kier alpha value is -2.35. The maximum absolute atomic E-state index is 12.9. The van der Waals surface area contributed by atoms with E-state index in [1.807, 2.05) is 0 Å². The minimum atomic E-state index is -4.46. The second kappa shape index (κ2) is 7.04. The Morgan fingerprint density at radius 1 is 1.38 bits per heavy atom. The normalized spacial score (nSPS) is 12.9. The van der Waals surface area contributed by atoms with E-state index < -0.39 is 23.7 Å². The number of amides is 1. The molecule has 1 heterocycles. The van der Waals surface area contributed by atoms with Gasteiger partial charge in [0.1, 0.15) is 0 Å². The average Bonchev–Trinajstić information content (AvgIpc) is 2.97. The first-order chi connectivity index (χ1) is 11.2. The maximum Gasteiger partial charge on any atom is 0.416 e. The molecule has 0 aliphatic heterocycles. The molecule has 24 heavy (non-hydrogen) atoms. The zero-order chi connectivity index (χ0) is 17.9. The van der Waals surface area contributed by atoms with Gasteiger partial charge >= 0.3 is 6.18 Å². The molecular weight excluding hydrogens is 325 g/mol. The van der Waals surface area contributed by atoms with Crippen LogP contribution in [0.2, 0.25) is 0 Å². The quantitative estimate of drug-likeness (QED) is 0.835. The van der Waals surface area contributed by atoms with Crippen LogP contribution in [0, 0.1) is 6.92 Å². The summed E-state index contributed by atoms with van der Waals surface area (Å²) in [6.07, 6.45) is -4.46. The van der Waals surface area contributed by atoms with E-state index in [0.29, 0.717) is 11.3 Å². The molecular formula is C16H17F3N2O3. The van der Waals surface area contributed by atoms with Crippen LogP contribution in [-0.4, -0.2) is 36.7 Å². The van der Waals surface area contributed by atoms with Crippen molar-refractivity contribution in [2.75, 3.05) is 20.8 Å². The van der Waals surface area contributed by atoms with E-state index in [0.717, 1.165) is 12.1 Å². The third kappa shape index (κ3) is 3.94. The van der Waals surface area contributed by atoms with Crippen molar-refractivity contribution >= 4 is 5.91 Å². The van der Waals surface area contributed by atoms with E-state index in [1.165, 1.54) is 37.3 Å². The van der Waals surface area contributed by atoms with Crippen molar-refractivity contribution in [2.45, 2.75) is 19.1 Å². The topological polar surface area (TPSA) is 55.6 Å². The first-order valence-electron chi connectivity index (χ1n) is 7.10. The predicted molar refractivity (Wildman–Crippen MR) is 79.4 cm³/mol. The van der Waals surface area contributed by atoms with E-state index in [9.17, 15) is 18.0 Å². The monoisotopic (exact) mass is 342 g/mol. The van der Waals surface area contributed by atoms with Gasteiger partial charge in [-0.1, -0.05) is 17.3 Å². The number of hydrogen-bond acceptors (Lipinski definition) is 4. The molecule has 0 saturated heterocycles. The zero-order valence-electron chi connectivity index (χ0n) is 13.4. The van der Waals surface area contributed by atoms with Gasteiger partial charge in [0.15, 0.2) is 0 Å². The molecule has 0 unspecified atom stereocenters. The summed E-state index contributed by atoms with van der Waals surface area (Å²) in [4.78, 5) is 13.7. The van der Waals surface area contributed by atoms with Crippen molar-refractivity contribution in [1.82, 2.24) is 10.1 Å². The molecule has 5 nitrogen and oxygen atoms in total. The standard InChI is InChI=1S/C16H17F3N2O3/c1-10-7-14(24-20-10)15(22)21(2)13(9-23-3)11-5-4-6-12(8-11)16(17,18)19/h4-8,13H,9H2,1-3H3/t13-/m0/s1.